The fourth-order valence-corrected chi connectivity index (χ4v) is 14.9. The fourth-order valence-electron chi connectivity index (χ4n) is 14.9. The van der Waals surface area contributed by atoms with Crippen LogP contribution in [0.4, 0.5) is 5.69 Å². The first-order valence-corrected chi connectivity index (χ1v) is 37.1. The first kappa shape index (κ1) is 70.2. The summed E-state index contributed by atoms with van der Waals surface area (Å²) in [5.41, 5.74) is 20.3. The molecule has 0 unspecified atom stereocenters. The van der Waals surface area contributed by atoms with Crippen molar-refractivity contribution in [1.82, 2.24) is 107 Å². The summed E-state index contributed by atoms with van der Waals surface area (Å²) in [7, 11) is 5.98. The maximum Gasteiger partial charge on any atom is 0.258 e. The molecule has 0 bridgehead atoms. The highest BCUT2D eigenvalue weighted by Gasteiger charge is 2.22. The van der Waals surface area contributed by atoms with Crippen LogP contribution in [0.1, 0.15) is 66.6 Å². The lowest BCUT2D eigenvalue weighted by Gasteiger charge is -2.33. The molecular weight excluding hydrogens is 1380 g/mol. The number of pyridine rings is 4. The van der Waals surface area contributed by atoms with Crippen LogP contribution in [0.25, 0.3) is 112 Å². The molecule has 27 nitrogen and oxygen atoms in total. The molecule has 20 rings (SSSR count). The molecule has 14 aromatic heterocycles. The van der Waals surface area contributed by atoms with Crippen molar-refractivity contribution in [2.75, 3.05) is 70.9 Å². The first-order valence-electron chi connectivity index (χ1n) is 37.1. The highest BCUT2D eigenvalue weighted by atomic mass is 16.1. The topological polar surface area (TPSA) is 276 Å². The summed E-state index contributed by atoms with van der Waals surface area (Å²) >= 11 is 0. The molecule has 4 aliphatic heterocycles. The van der Waals surface area contributed by atoms with Gasteiger partial charge in [0.1, 0.15) is 34.0 Å². The van der Waals surface area contributed by atoms with Gasteiger partial charge >= 0.3 is 0 Å². The highest BCUT2D eigenvalue weighted by molar-refractivity contribution is 5.85. The minimum Gasteiger partial charge on any atom is -0.368 e. The molecule has 2 saturated heterocycles. The number of likely N-dealkylation sites (tertiary alicyclic amines) is 1. The zero-order chi connectivity index (χ0) is 75.3. The molecule has 0 radical (unpaired) electrons. The monoisotopic (exact) mass is 1460 g/mol. The second-order valence-corrected chi connectivity index (χ2v) is 28.7. The summed E-state index contributed by atoms with van der Waals surface area (Å²) in [6.45, 7) is 14.6. The van der Waals surface area contributed by atoms with Crippen LogP contribution < -0.4 is 43.1 Å². The van der Waals surface area contributed by atoms with Gasteiger partial charge in [-0.15, -0.1) is 0 Å². The Balaban J connectivity index is 0.000000107. The van der Waals surface area contributed by atoms with Crippen molar-refractivity contribution in [1.29, 1.82) is 0 Å². The Labute approximate surface area is 629 Å². The smallest absolute Gasteiger partial charge is 0.258 e. The van der Waals surface area contributed by atoms with Gasteiger partial charge in [0.05, 0.1) is 92.9 Å². The summed E-state index contributed by atoms with van der Waals surface area (Å²) in [6.07, 6.45) is 27.2. The number of piperidine rings is 1. The maximum atomic E-state index is 12.8. The zero-order valence-electron chi connectivity index (χ0n) is 61.9. The number of aryl methyl sites for hydroxylation is 4. The number of hydrogen-bond acceptors (Lipinski definition) is 19. The standard InChI is InChI=1S/C22H23N5O.C21H19N5O.C20H21N7O.C20H18N6O/c1-25-9-7-15(8-10-25)17-4-6-21-24-19(12-22(28)27(21)14-17)16-3-5-20-18(11-16)13-23-26(20)2;1-25-12-17-10-15(2-4-18(17)24-25)19-11-21(27)26-13-16(3-5-20(26)23-19)14-6-8-22-9-7-14;1-13-10-25(6-5-21-13)15-3-4-19-23-17(8-20(28)26(19)12-15)18-7-16-9-22-14(2)11-27(16)24-18;1-13-11-26-16(10-22-13)8-18(24-26)17-9-20(27)25-12-15(2-3-19(25)23-17)14-4-6-21-7-5-14/h3-6,11-15H,7-10H2,1-2H3;2-6,10-13,22H,7-9H2,1H3;3-4,7-9,11-13,21H,5-6,10H2,1-2H3;2-4,8-12,21H,5-7H2,1H3/t;;13-;/m..1./s1. The van der Waals surface area contributed by atoms with Crippen LogP contribution in [0.2, 0.25) is 0 Å². The molecule has 18 heterocycles. The van der Waals surface area contributed by atoms with Gasteiger partial charge in [-0.25, -0.2) is 29.0 Å². The zero-order valence-corrected chi connectivity index (χ0v) is 61.9. The summed E-state index contributed by atoms with van der Waals surface area (Å²) in [4.78, 5) is 83.1. The number of piperazine rings is 1. The fraction of sp³-hybridized carbons (Fsp3) is 0.253. The number of rotatable bonds is 8. The van der Waals surface area contributed by atoms with Crippen molar-refractivity contribution in [2.45, 2.75) is 58.4 Å². The Kier molecular flexibility index (Phi) is 19.0. The van der Waals surface area contributed by atoms with Gasteiger partial charge in [0.2, 0.25) is 0 Å². The number of hydrogen-bond donors (Lipinski definition) is 3. The molecule has 16 aromatic rings. The van der Waals surface area contributed by atoms with Gasteiger partial charge < -0.3 is 25.8 Å². The van der Waals surface area contributed by atoms with Gasteiger partial charge in [-0.1, -0.05) is 30.4 Å². The van der Waals surface area contributed by atoms with Crippen molar-refractivity contribution in [3.8, 4) is 45.3 Å². The number of nitrogens with zero attached hydrogens (tertiary/aromatic N) is 20. The lowest BCUT2D eigenvalue weighted by Crippen LogP contribution is -2.49. The second kappa shape index (κ2) is 29.7. The third kappa shape index (κ3) is 14.6. The Bertz CT molecular complexity index is 6460. The van der Waals surface area contributed by atoms with Gasteiger partial charge in [0.15, 0.2) is 0 Å². The van der Waals surface area contributed by atoms with E-state index < -0.39 is 0 Å². The van der Waals surface area contributed by atoms with E-state index in [4.69, 9.17) is 9.97 Å². The van der Waals surface area contributed by atoms with E-state index in [2.05, 4.69) is 98.3 Å². The minimum absolute atomic E-state index is 0.0407. The van der Waals surface area contributed by atoms with Gasteiger partial charge in [-0.05, 0) is 192 Å². The van der Waals surface area contributed by atoms with E-state index in [9.17, 15) is 19.2 Å². The minimum atomic E-state index is -0.114. The van der Waals surface area contributed by atoms with E-state index in [0.29, 0.717) is 68.7 Å². The summed E-state index contributed by atoms with van der Waals surface area (Å²) in [6, 6.07) is 38.4. The number of fused-ring (bicyclic) bond motifs is 8. The van der Waals surface area contributed by atoms with Crippen LogP contribution in [0, 0.1) is 13.8 Å². The molecule has 3 N–H and O–H groups in total. The molecule has 27 heteroatoms. The first-order chi connectivity index (χ1) is 53.5. The highest BCUT2D eigenvalue weighted by Crippen LogP contribution is 2.31. The Morgan fingerprint density at radius 3 is 1.53 bits per heavy atom. The van der Waals surface area contributed by atoms with E-state index >= 15 is 0 Å². The van der Waals surface area contributed by atoms with E-state index in [-0.39, 0.29) is 22.2 Å². The third-order valence-corrected chi connectivity index (χ3v) is 20.9. The molecule has 0 spiro atoms. The summed E-state index contributed by atoms with van der Waals surface area (Å²) < 4.78 is 13.7. The average Bonchev–Trinajstić information content (AvgIpc) is 1.14. The Morgan fingerprint density at radius 1 is 0.455 bits per heavy atom. The molecule has 552 valence electrons. The van der Waals surface area contributed by atoms with E-state index in [1.807, 2.05) is 173 Å². The van der Waals surface area contributed by atoms with Gasteiger partial charge in [0.25, 0.3) is 22.2 Å². The van der Waals surface area contributed by atoms with Crippen molar-refractivity contribution >= 4 is 72.3 Å². The Morgan fingerprint density at radius 2 is 0.964 bits per heavy atom. The van der Waals surface area contributed by atoms with Gasteiger partial charge in [0, 0.05) is 130 Å². The van der Waals surface area contributed by atoms with Crippen molar-refractivity contribution in [2.24, 2.45) is 14.1 Å². The van der Waals surface area contributed by atoms with Crippen LogP contribution in [0.15, 0.2) is 215 Å². The Hall–Kier alpha value is -12.8. The predicted molar refractivity (Wildman–Crippen MR) is 429 cm³/mol. The van der Waals surface area contributed by atoms with Crippen LogP contribution in [0.5, 0.6) is 0 Å². The van der Waals surface area contributed by atoms with Crippen molar-refractivity contribution in [3.63, 3.8) is 0 Å². The van der Waals surface area contributed by atoms with E-state index in [0.717, 1.165) is 157 Å². The van der Waals surface area contributed by atoms with E-state index in [1.54, 1.807) is 61.9 Å². The predicted octanol–water partition coefficient (Wildman–Crippen LogP) is 9.28. The van der Waals surface area contributed by atoms with E-state index in [1.165, 1.54) is 22.8 Å². The number of aromatic nitrogens is 18. The van der Waals surface area contributed by atoms with Crippen molar-refractivity contribution < 1.29 is 0 Å². The normalized spacial score (nSPS) is 15.8. The third-order valence-electron chi connectivity index (χ3n) is 20.9. The maximum absolute atomic E-state index is 12.8. The summed E-state index contributed by atoms with van der Waals surface area (Å²) in [5, 5.41) is 29.9. The average molecular weight is 1460 g/mol. The van der Waals surface area contributed by atoms with Crippen LogP contribution in [-0.4, -0.2) is 163 Å². The van der Waals surface area contributed by atoms with Crippen LogP contribution in [0.3, 0.4) is 0 Å². The molecule has 2 fully saturated rings. The van der Waals surface area contributed by atoms with Crippen molar-refractivity contribution in [3.05, 3.63) is 265 Å². The number of nitrogens with one attached hydrogen (secondary N) is 3. The lowest BCUT2D eigenvalue weighted by atomic mass is 9.91. The van der Waals surface area contributed by atoms with Crippen LogP contribution >= 0.6 is 0 Å². The van der Waals surface area contributed by atoms with Gasteiger partial charge in [-0.3, -0.25) is 56.1 Å². The molecule has 0 aliphatic carbocycles. The number of benzene rings is 2. The second-order valence-electron chi connectivity index (χ2n) is 28.7. The van der Waals surface area contributed by atoms with Crippen LogP contribution in [-0.2, 0) is 14.1 Å². The SMILES string of the molecule is CN1CCC(c2ccc3nc(-c4ccc5c(cnn5C)c4)cc(=O)n3c2)CC1.Cc1cn2nc(-c3cc(=O)n4cc(C5=CCNCC5)ccc4n3)cc2cn1.Cc1cn2nc(-c3cc(=O)n4cc(N5CCN[C@H](C)C5)ccc4n3)cc2cn1.Cn1cc2cc(-c3cc(=O)n4cc(C5=CCNCC5)ccc4n3)ccc2n1. The molecule has 110 heavy (non-hydrogen) atoms. The molecule has 0 saturated carbocycles. The quantitative estimate of drug-likeness (QED) is 0.128. The molecule has 0 amide bonds. The van der Waals surface area contributed by atoms with Gasteiger partial charge in [-0.2, -0.15) is 20.4 Å². The molecule has 1 atom stereocenters. The molecular formula is C83H81N23O4. The molecule has 4 aliphatic rings. The molecule has 2 aromatic carbocycles. The summed E-state index contributed by atoms with van der Waals surface area (Å²) in [5.74, 6) is 0.514. The lowest BCUT2D eigenvalue weighted by molar-refractivity contribution is 0.255. The number of anilines is 1. The largest absolute Gasteiger partial charge is 0.368 e.